The molecule has 212 valence electrons. The van der Waals surface area contributed by atoms with E-state index in [-0.39, 0.29) is 5.41 Å². The Hall–Kier alpha value is -5.46. The third kappa shape index (κ3) is 3.85. The Balaban J connectivity index is 1.43. The number of fused-ring (bicyclic) bond motifs is 6. The average Bonchev–Trinajstić information content (AvgIpc) is 3.33. The van der Waals surface area contributed by atoms with Crippen LogP contribution in [-0.4, -0.2) is 0 Å². The molecule has 1 aliphatic rings. The highest BCUT2D eigenvalue weighted by Crippen LogP contribution is 2.54. The fourth-order valence-electron chi connectivity index (χ4n) is 7.90. The van der Waals surface area contributed by atoms with Crippen molar-refractivity contribution < 1.29 is 0 Å². The summed E-state index contributed by atoms with van der Waals surface area (Å²) in [5, 5.41) is 7.67. The van der Waals surface area contributed by atoms with Gasteiger partial charge in [0.25, 0.3) is 0 Å². The highest BCUT2D eigenvalue weighted by molar-refractivity contribution is 6.23. The van der Waals surface area contributed by atoms with E-state index in [1.165, 1.54) is 88.0 Å². The van der Waals surface area contributed by atoms with Gasteiger partial charge in [-0.2, -0.15) is 0 Å². The maximum atomic E-state index is 2.44. The van der Waals surface area contributed by atoms with Gasteiger partial charge in [0.05, 0.1) is 0 Å². The molecular weight excluding hydrogens is 540 g/mol. The summed E-state index contributed by atoms with van der Waals surface area (Å²) in [6.07, 6.45) is 0. The van der Waals surface area contributed by atoms with Gasteiger partial charge in [0.2, 0.25) is 0 Å². The van der Waals surface area contributed by atoms with E-state index in [0.29, 0.717) is 0 Å². The molecule has 0 bridgehead atoms. The lowest BCUT2D eigenvalue weighted by Gasteiger charge is -2.23. The molecule has 0 heteroatoms. The largest absolute Gasteiger partial charge is 0.0622 e. The van der Waals surface area contributed by atoms with E-state index in [0.717, 1.165) is 0 Å². The molecule has 0 atom stereocenters. The van der Waals surface area contributed by atoms with Crippen LogP contribution in [0.15, 0.2) is 158 Å². The third-order valence-electron chi connectivity index (χ3n) is 10.0. The molecule has 0 saturated heterocycles. The molecule has 0 aliphatic heterocycles. The van der Waals surface area contributed by atoms with Crippen molar-refractivity contribution >= 4 is 32.3 Å². The zero-order valence-electron chi connectivity index (χ0n) is 25.5. The first-order valence-electron chi connectivity index (χ1n) is 15.9. The minimum Gasteiger partial charge on any atom is -0.0622 e. The Bertz CT molecular complexity index is 2440. The van der Waals surface area contributed by atoms with Crippen LogP contribution in [0, 0.1) is 0 Å². The van der Waals surface area contributed by atoms with E-state index in [9.17, 15) is 0 Å². The molecule has 45 heavy (non-hydrogen) atoms. The molecule has 8 aromatic rings. The van der Waals surface area contributed by atoms with Crippen molar-refractivity contribution in [2.45, 2.75) is 19.3 Å². The number of hydrogen-bond donors (Lipinski definition) is 0. The average molecular weight is 573 g/mol. The van der Waals surface area contributed by atoms with Gasteiger partial charge in [0.1, 0.15) is 0 Å². The highest BCUT2D eigenvalue weighted by Gasteiger charge is 2.37. The van der Waals surface area contributed by atoms with E-state index in [1.807, 2.05) is 0 Å². The van der Waals surface area contributed by atoms with Crippen LogP contribution >= 0.6 is 0 Å². The van der Waals surface area contributed by atoms with Gasteiger partial charge in [-0.1, -0.05) is 159 Å². The Morgan fingerprint density at radius 3 is 1.78 bits per heavy atom. The van der Waals surface area contributed by atoms with Gasteiger partial charge in [-0.15, -0.1) is 0 Å². The monoisotopic (exact) mass is 572 g/mol. The van der Waals surface area contributed by atoms with Gasteiger partial charge < -0.3 is 0 Å². The Morgan fingerprint density at radius 1 is 0.333 bits per heavy atom. The second-order valence-electron chi connectivity index (χ2n) is 12.9. The molecule has 9 rings (SSSR count). The van der Waals surface area contributed by atoms with Crippen LogP contribution in [0.25, 0.3) is 76.8 Å². The van der Waals surface area contributed by atoms with Crippen molar-refractivity contribution in [1.29, 1.82) is 0 Å². The SMILES string of the molecule is CC1(C)c2ccccc2-c2c(-c3c4ccccc4c(-c4ccccc4)c4ccc(-c5ccc6ccccc6c5)cc34)cccc21. The summed E-state index contributed by atoms with van der Waals surface area (Å²) in [4.78, 5) is 0. The van der Waals surface area contributed by atoms with E-state index in [2.05, 4.69) is 172 Å². The summed E-state index contributed by atoms with van der Waals surface area (Å²) in [5.41, 5.74) is 13.1. The van der Waals surface area contributed by atoms with Crippen molar-refractivity contribution in [3.8, 4) is 44.5 Å². The predicted molar refractivity (Wildman–Crippen MR) is 193 cm³/mol. The number of hydrogen-bond acceptors (Lipinski definition) is 0. The molecule has 0 aromatic heterocycles. The lowest BCUT2D eigenvalue weighted by molar-refractivity contribution is 0.660. The molecule has 0 spiro atoms. The molecule has 0 heterocycles. The Morgan fingerprint density at radius 2 is 0.933 bits per heavy atom. The molecule has 0 N–H and O–H groups in total. The summed E-state index contributed by atoms with van der Waals surface area (Å²) in [6, 6.07) is 58.4. The normalized spacial score (nSPS) is 13.3. The number of rotatable bonds is 3. The molecule has 0 fully saturated rings. The lowest BCUT2D eigenvalue weighted by Crippen LogP contribution is -2.14. The van der Waals surface area contributed by atoms with Crippen molar-refractivity contribution in [3.05, 3.63) is 169 Å². The van der Waals surface area contributed by atoms with Crippen molar-refractivity contribution in [3.63, 3.8) is 0 Å². The van der Waals surface area contributed by atoms with Crippen LogP contribution in [0.1, 0.15) is 25.0 Å². The Labute approximate surface area is 264 Å². The van der Waals surface area contributed by atoms with Gasteiger partial charge in [0, 0.05) is 5.41 Å². The molecule has 0 nitrogen and oxygen atoms in total. The zero-order chi connectivity index (χ0) is 30.1. The Kier molecular flexibility index (Phi) is 5.64. The molecule has 0 saturated carbocycles. The van der Waals surface area contributed by atoms with Crippen LogP contribution in [0.5, 0.6) is 0 Å². The first-order valence-corrected chi connectivity index (χ1v) is 15.9. The maximum absolute atomic E-state index is 2.44. The lowest BCUT2D eigenvalue weighted by atomic mass is 9.80. The molecule has 0 amide bonds. The second kappa shape index (κ2) is 9.78. The van der Waals surface area contributed by atoms with Crippen LogP contribution in [-0.2, 0) is 5.41 Å². The van der Waals surface area contributed by atoms with Crippen molar-refractivity contribution in [1.82, 2.24) is 0 Å². The van der Waals surface area contributed by atoms with Crippen LogP contribution in [0.2, 0.25) is 0 Å². The fraction of sp³-hybridized carbons (Fsp3) is 0.0667. The predicted octanol–water partition coefficient (Wildman–Crippen LogP) is 12.5. The van der Waals surface area contributed by atoms with Crippen LogP contribution < -0.4 is 0 Å². The van der Waals surface area contributed by atoms with Crippen molar-refractivity contribution in [2.24, 2.45) is 0 Å². The summed E-state index contributed by atoms with van der Waals surface area (Å²) in [5.74, 6) is 0. The minimum absolute atomic E-state index is 0.0617. The molecule has 0 radical (unpaired) electrons. The smallest absolute Gasteiger partial charge is 0.0159 e. The highest BCUT2D eigenvalue weighted by atomic mass is 14.4. The zero-order valence-corrected chi connectivity index (χ0v) is 25.5. The van der Waals surface area contributed by atoms with Gasteiger partial charge >= 0.3 is 0 Å². The summed E-state index contributed by atoms with van der Waals surface area (Å²) >= 11 is 0. The summed E-state index contributed by atoms with van der Waals surface area (Å²) in [6.45, 7) is 4.74. The third-order valence-corrected chi connectivity index (χ3v) is 10.0. The molecule has 1 aliphatic carbocycles. The fourth-order valence-corrected chi connectivity index (χ4v) is 7.90. The number of benzene rings is 8. The maximum Gasteiger partial charge on any atom is 0.0159 e. The summed E-state index contributed by atoms with van der Waals surface area (Å²) in [7, 11) is 0. The first kappa shape index (κ1) is 26.0. The van der Waals surface area contributed by atoms with E-state index < -0.39 is 0 Å². The standard InChI is InChI=1S/C45H32/c1-45(2)40-21-11-10-19-37(40)44-38(20-12-22-41(44)45)43-35-18-9-8-17-34(35)42(30-14-4-3-5-15-30)36-26-25-33(28-39(36)43)32-24-23-29-13-6-7-16-31(29)27-32/h3-28H,1-2H3. The quantitative estimate of drug-likeness (QED) is 0.185. The van der Waals surface area contributed by atoms with Crippen LogP contribution in [0.3, 0.4) is 0 Å². The van der Waals surface area contributed by atoms with E-state index in [1.54, 1.807) is 0 Å². The molecule has 0 unspecified atom stereocenters. The van der Waals surface area contributed by atoms with Crippen molar-refractivity contribution in [2.75, 3.05) is 0 Å². The van der Waals surface area contributed by atoms with Gasteiger partial charge in [-0.25, -0.2) is 0 Å². The minimum atomic E-state index is -0.0617. The van der Waals surface area contributed by atoms with Crippen LogP contribution in [0.4, 0.5) is 0 Å². The van der Waals surface area contributed by atoms with Gasteiger partial charge in [-0.05, 0) is 100 Å². The van der Waals surface area contributed by atoms with E-state index >= 15 is 0 Å². The topological polar surface area (TPSA) is 0 Å². The molecule has 8 aromatic carbocycles. The molecular formula is C45H32. The van der Waals surface area contributed by atoms with Gasteiger partial charge in [0.15, 0.2) is 0 Å². The van der Waals surface area contributed by atoms with Gasteiger partial charge in [-0.3, -0.25) is 0 Å². The van der Waals surface area contributed by atoms with E-state index in [4.69, 9.17) is 0 Å². The first-order chi connectivity index (χ1) is 22.1. The second-order valence-corrected chi connectivity index (χ2v) is 12.9. The summed E-state index contributed by atoms with van der Waals surface area (Å²) < 4.78 is 0.